The van der Waals surface area contributed by atoms with Crippen LogP contribution in [-0.2, 0) is 0 Å². The lowest BCUT2D eigenvalue weighted by molar-refractivity contribution is 0.629. The van der Waals surface area contributed by atoms with Gasteiger partial charge >= 0.3 is 0 Å². The van der Waals surface area contributed by atoms with Gasteiger partial charge in [0.1, 0.15) is 5.82 Å². The van der Waals surface area contributed by atoms with E-state index in [9.17, 15) is 4.39 Å². The maximum Gasteiger partial charge on any atom is 0.140 e. The second-order valence-electron chi connectivity index (χ2n) is 1.50. The van der Waals surface area contributed by atoms with Crippen molar-refractivity contribution in [1.82, 2.24) is 4.98 Å². The summed E-state index contributed by atoms with van der Waals surface area (Å²) in [5.74, 6) is -0.197. The second-order valence-corrected chi connectivity index (χ2v) is 1.50. The number of aryl methyl sites for hydroxylation is 1. The summed E-state index contributed by atoms with van der Waals surface area (Å²) in [6.07, 6.45) is 1.33. The number of halogens is 1. The molecule has 2 heteroatoms. The van der Waals surface area contributed by atoms with E-state index >= 15 is 0 Å². The van der Waals surface area contributed by atoms with E-state index in [1.807, 2.05) is 6.92 Å². The monoisotopic (exact) mass is 99.0 g/mol. The molecule has 1 nitrogen and oxygen atoms in total. The van der Waals surface area contributed by atoms with E-state index in [-0.39, 0.29) is 5.82 Å². The van der Waals surface area contributed by atoms with Crippen LogP contribution in [0.5, 0.6) is 0 Å². The molecule has 0 fully saturated rings. The maximum absolute atomic E-state index is 11.9. The number of hydrogen-bond acceptors (Lipinski definition) is 0. The molecular weight excluding hydrogens is 93.1 g/mol. The molecule has 1 N–H and O–H groups in total. The Morgan fingerprint density at radius 3 is 2.57 bits per heavy atom. The second kappa shape index (κ2) is 1.37. The van der Waals surface area contributed by atoms with E-state index in [1.54, 1.807) is 0 Å². The quantitative estimate of drug-likeness (QED) is 0.506. The molecule has 38 valence electrons. The number of aromatic amines is 1. The lowest BCUT2D eigenvalue weighted by Gasteiger charge is -1.70. The molecule has 0 atom stereocenters. The van der Waals surface area contributed by atoms with Crippen LogP contribution in [0.3, 0.4) is 0 Å². The third-order valence-electron chi connectivity index (χ3n) is 0.792. The predicted molar refractivity (Wildman–Crippen MR) is 25.5 cm³/mol. The average Bonchev–Trinajstić information content (AvgIpc) is 1.87. The van der Waals surface area contributed by atoms with Gasteiger partial charge in [-0.25, -0.2) is 4.39 Å². The summed E-state index contributed by atoms with van der Waals surface area (Å²) in [4.78, 5) is 2.69. The van der Waals surface area contributed by atoms with E-state index in [0.717, 1.165) is 5.69 Å². The van der Waals surface area contributed by atoms with E-state index < -0.39 is 0 Å². The van der Waals surface area contributed by atoms with Gasteiger partial charge in [-0.15, -0.1) is 0 Å². The summed E-state index contributed by atoms with van der Waals surface area (Å²) in [5, 5.41) is 0. The van der Waals surface area contributed by atoms with Crippen molar-refractivity contribution in [3.63, 3.8) is 0 Å². The minimum Gasteiger partial charge on any atom is -0.363 e. The molecule has 0 saturated heterocycles. The molecule has 0 spiro atoms. The van der Waals surface area contributed by atoms with Gasteiger partial charge in [-0.2, -0.15) is 0 Å². The highest BCUT2D eigenvalue weighted by Crippen LogP contribution is 1.96. The minimum absolute atomic E-state index is 0.197. The zero-order chi connectivity index (χ0) is 5.28. The van der Waals surface area contributed by atoms with Gasteiger partial charge in [-0.05, 0) is 13.0 Å². The number of H-pyrrole nitrogens is 1. The molecule has 1 rings (SSSR count). The molecule has 0 amide bonds. The third kappa shape index (κ3) is 0.796. The summed E-state index contributed by atoms with van der Waals surface area (Å²) in [6, 6.07) is 1.44. The number of rotatable bonds is 0. The molecule has 0 aliphatic rings. The Bertz CT molecular complexity index is 140. The van der Waals surface area contributed by atoms with Gasteiger partial charge in [-0.3, -0.25) is 0 Å². The van der Waals surface area contributed by atoms with Crippen LogP contribution in [0.25, 0.3) is 0 Å². The van der Waals surface area contributed by atoms with Gasteiger partial charge in [0, 0.05) is 11.9 Å². The van der Waals surface area contributed by atoms with Crippen molar-refractivity contribution in [1.29, 1.82) is 0 Å². The van der Waals surface area contributed by atoms with Crippen LogP contribution in [0.1, 0.15) is 5.69 Å². The van der Waals surface area contributed by atoms with Gasteiger partial charge in [0.05, 0.1) is 0 Å². The first-order valence-electron chi connectivity index (χ1n) is 2.09. The van der Waals surface area contributed by atoms with Crippen molar-refractivity contribution in [2.45, 2.75) is 6.92 Å². The SMILES string of the molecule is Cc1cc(F)c[nH]1. The van der Waals surface area contributed by atoms with Crippen LogP contribution in [-0.4, -0.2) is 4.98 Å². The number of hydrogen-bond donors (Lipinski definition) is 1. The standard InChI is InChI=1S/C5H6FN/c1-4-2-5(6)3-7-4/h2-3,7H,1H3. The fourth-order valence-corrected chi connectivity index (χ4v) is 0.473. The Hall–Kier alpha value is -0.790. The van der Waals surface area contributed by atoms with E-state index in [1.165, 1.54) is 12.3 Å². The third-order valence-corrected chi connectivity index (χ3v) is 0.792. The Morgan fingerprint density at radius 2 is 2.43 bits per heavy atom. The molecule has 1 aromatic heterocycles. The maximum atomic E-state index is 11.9. The Balaban J connectivity index is 3.04. The zero-order valence-corrected chi connectivity index (χ0v) is 4.03. The molecule has 7 heavy (non-hydrogen) atoms. The minimum atomic E-state index is -0.197. The molecular formula is C5H6FN. The van der Waals surface area contributed by atoms with Crippen LogP contribution in [0, 0.1) is 12.7 Å². The fourth-order valence-electron chi connectivity index (χ4n) is 0.473. The Kier molecular flexibility index (Phi) is 0.855. The van der Waals surface area contributed by atoms with Crippen molar-refractivity contribution < 1.29 is 4.39 Å². The molecule has 0 aromatic carbocycles. The normalized spacial score (nSPS) is 9.43. The summed E-state index contributed by atoms with van der Waals surface area (Å²) < 4.78 is 11.9. The van der Waals surface area contributed by atoms with E-state index in [0.29, 0.717) is 0 Å². The smallest absolute Gasteiger partial charge is 0.140 e. The largest absolute Gasteiger partial charge is 0.363 e. The molecule has 0 saturated carbocycles. The van der Waals surface area contributed by atoms with Crippen molar-refractivity contribution in [3.8, 4) is 0 Å². The number of aromatic nitrogens is 1. The van der Waals surface area contributed by atoms with E-state index in [4.69, 9.17) is 0 Å². The van der Waals surface area contributed by atoms with Gasteiger partial charge in [0.2, 0.25) is 0 Å². The molecule has 0 radical (unpaired) electrons. The molecule has 0 aliphatic heterocycles. The molecule has 0 unspecified atom stereocenters. The highest BCUT2D eigenvalue weighted by atomic mass is 19.1. The fraction of sp³-hybridized carbons (Fsp3) is 0.200. The molecule has 1 aromatic rings. The Labute approximate surface area is 41.2 Å². The predicted octanol–water partition coefficient (Wildman–Crippen LogP) is 1.46. The molecule has 0 aliphatic carbocycles. The first-order valence-corrected chi connectivity index (χ1v) is 2.09. The first kappa shape index (κ1) is 4.37. The molecule has 1 heterocycles. The summed E-state index contributed by atoms with van der Waals surface area (Å²) in [6.45, 7) is 1.81. The van der Waals surface area contributed by atoms with E-state index in [2.05, 4.69) is 4.98 Å². The summed E-state index contributed by atoms with van der Waals surface area (Å²) in [7, 11) is 0. The first-order chi connectivity index (χ1) is 3.29. The highest BCUT2D eigenvalue weighted by molar-refractivity contribution is 5.02. The lowest BCUT2D eigenvalue weighted by atomic mass is 10.5. The van der Waals surface area contributed by atoms with Crippen LogP contribution in [0.15, 0.2) is 12.3 Å². The van der Waals surface area contributed by atoms with Crippen molar-refractivity contribution in [2.75, 3.05) is 0 Å². The lowest BCUT2D eigenvalue weighted by Crippen LogP contribution is -1.59. The summed E-state index contributed by atoms with van der Waals surface area (Å²) in [5.41, 5.74) is 0.859. The van der Waals surface area contributed by atoms with Crippen LogP contribution in [0.2, 0.25) is 0 Å². The topological polar surface area (TPSA) is 15.8 Å². The van der Waals surface area contributed by atoms with Gasteiger partial charge < -0.3 is 4.98 Å². The van der Waals surface area contributed by atoms with Gasteiger partial charge in [0.15, 0.2) is 0 Å². The van der Waals surface area contributed by atoms with Crippen LogP contribution in [0.4, 0.5) is 4.39 Å². The van der Waals surface area contributed by atoms with Crippen molar-refractivity contribution in [3.05, 3.63) is 23.8 Å². The van der Waals surface area contributed by atoms with Crippen LogP contribution >= 0.6 is 0 Å². The van der Waals surface area contributed by atoms with Gasteiger partial charge in [-0.1, -0.05) is 0 Å². The zero-order valence-electron chi connectivity index (χ0n) is 4.03. The van der Waals surface area contributed by atoms with Crippen molar-refractivity contribution >= 4 is 0 Å². The average molecular weight is 99.1 g/mol. The number of nitrogens with one attached hydrogen (secondary N) is 1. The van der Waals surface area contributed by atoms with Gasteiger partial charge in [0.25, 0.3) is 0 Å². The van der Waals surface area contributed by atoms with Crippen molar-refractivity contribution in [2.24, 2.45) is 0 Å². The molecule has 0 bridgehead atoms. The summed E-state index contributed by atoms with van der Waals surface area (Å²) >= 11 is 0. The Morgan fingerprint density at radius 1 is 1.71 bits per heavy atom. The van der Waals surface area contributed by atoms with Crippen LogP contribution < -0.4 is 0 Å². The highest BCUT2D eigenvalue weighted by Gasteiger charge is 1.87.